The summed E-state index contributed by atoms with van der Waals surface area (Å²) in [6, 6.07) is 15.7. The average Bonchev–Trinajstić information content (AvgIpc) is 3.43. The van der Waals surface area contributed by atoms with Crippen LogP contribution in [-0.2, 0) is 17.6 Å². The van der Waals surface area contributed by atoms with E-state index in [2.05, 4.69) is 44.9 Å². The summed E-state index contributed by atoms with van der Waals surface area (Å²) in [6.07, 6.45) is 3.25. The van der Waals surface area contributed by atoms with Gasteiger partial charge < -0.3 is 9.73 Å². The minimum absolute atomic E-state index is 0.0131. The number of carbonyl (C=O) groups excluding carboxylic acids is 1. The molecule has 4 rings (SSSR count). The van der Waals surface area contributed by atoms with Crippen LogP contribution in [0.25, 0.3) is 22.6 Å². The van der Waals surface area contributed by atoms with Crippen LogP contribution in [0.1, 0.15) is 22.9 Å². The monoisotopic (exact) mass is 451 g/mol. The van der Waals surface area contributed by atoms with Crippen LogP contribution in [0, 0.1) is 6.92 Å². The maximum absolute atomic E-state index is 12.2. The Morgan fingerprint density at radius 3 is 2.52 bits per heavy atom. The predicted molar refractivity (Wildman–Crippen MR) is 124 cm³/mol. The summed E-state index contributed by atoms with van der Waals surface area (Å²) >= 11 is 7.56. The molecule has 7 heteroatoms. The van der Waals surface area contributed by atoms with Crippen LogP contribution in [0.15, 0.2) is 64.5 Å². The van der Waals surface area contributed by atoms with Gasteiger partial charge in [-0.05, 0) is 43.2 Å². The molecule has 0 aliphatic carbocycles. The number of nitrogens with one attached hydrogen (secondary N) is 1. The summed E-state index contributed by atoms with van der Waals surface area (Å²) in [5, 5.41) is 6.76. The lowest BCUT2D eigenvalue weighted by Crippen LogP contribution is -2.25. The summed E-state index contributed by atoms with van der Waals surface area (Å²) in [5.74, 6) is 1.21. The molecule has 1 N–H and O–H groups in total. The van der Waals surface area contributed by atoms with Gasteiger partial charge in [-0.15, -0.1) is 11.3 Å². The quantitative estimate of drug-likeness (QED) is 0.372. The van der Waals surface area contributed by atoms with Crippen LogP contribution in [0.4, 0.5) is 0 Å². The van der Waals surface area contributed by atoms with Gasteiger partial charge in [0.15, 0.2) is 11.7 Å². The van der Waals surface area contributed by atoms with E-state index in [0.29, 0.717) is 36.1 Å². The van der Waals surface area contributed by atoms with Crippen molar-refractivity contribution in [1.82, 2.24) is 15.3 Å². The number of aryl methyl sites for hydroxylation is 2. The Balaban J connectivity index is 1.21. The first-order valence-electron chi connectivity index (χ1n) is 10.1. The molecule has 0 aliphatic rings. The summed E-state index contributed by atoms with van der Waals surface area (Å²) in [4.78, 5) is 20.9. The number of thiazole rings is 1. The number of aromatic nitrogens is 2. The van der Waals surface area contributed by atoms with Crippen LogP contribution < -0.4 is 5.32 Å². The van der Waals surface area contributed by atoms with Gasteiger partial charge in [0.25, 0.3) is 0 Å². The highest BCUT2D eigenvalue weighted by Gasteiger charge is 2.09. The SMILES string of the molecule is Cc1nc(-c2ccc(CCNC(=O)CCc3ncc(-c4ccc(Cl)cc4)o3)cc2)cs1. The van der Waals surface area contributed by atoms with Crippen molar-refractivity contribution in [2.24, 2.45) is 0 Å². The molecule has 2 heterocycles. The van der Waals surface area contributed by atoms with Crippen molar-refractivity contribution in [3.05, 3.63) is 81.6 Å². The molecule has 5 nitrogen and oxygen atoms in total. The Morgan fingerprint density at radius 2 is 1.81 bits per heavy atom. The van der Waals surface area contributed by atoms with Gasteiger partial charge in [0, 0.05) is 40.9 Å². The summed E-state index contributed by atoms with van der Waals surface area (Å²) < 4.78 is 5.74. The van der Waals surface area contributed by atoms with Crippen LogP contribution in [0.3, 0.4) is 0 Å². The molecule has 0 radical (unpaired) electrons. The van der Waals surface area contributed by atoms with E-state index in [4.69, 9.17) is 16.0 Å². The van der Waals surface area contributed by atoms with Gasteiger partial charge in [0.2, 0.25) is 5.91 Å². The van der Waals surface area contributed by atoms with Crippen molar-refractivity contribution in [1.29, 1.82) is 0 Å². The van der Waals surface area contributed by atoms with Gasteiger partial charge in [0.1, 0.15) is 0 Å². The van der Waals surface area contributed by atoms with Gasteiger partial charge in [-0.2, -0.15) is 0 Å². The number of amides is 1. The molecule has 0 atom stereocenters. The average molecular weight is 452 g/mol. The lowest BCUT2D eigenvalue weighted by molar-refractivity contribution is -0.121. The number of hydrogen-bond acceptors (Lipinski definition) is 5. The van der Waals surface area contributed by atoms with Crippen LogP contribution >= 0.6 is 22.9 Å². The molecule has 31 heavy (non-hydrogen) atoms. The van der Waals surface area contributed by atoms with E-state index in [1.807, 2.05) is 19.1 Å². The molecule has 2 aromatic carbocycles. The predicted octanol–water partition coefficient (Wildman–Crippen LogP) is 5.72. The molecule has 0 bridgehead atoms. The van der Waals surface area contributed by atoms with Crippen LogP contribution in [0.2, 0.25) is 5.02 Å². The lowest BCUT2D eigenvalue weighted by atomic mass is 10.1. The van der Waals surface area contributed by atoms with Gasteiger partial charge in [-0.1, -0.05) is 35.9 Å². The van der Waals surface area contributed by atoms with Crippen molar-refractivity contribution in [2.75, 3.05) is 6.54 Å². The standard InChI is InChI=1S/C24H22ClN3O2S/c1-16-28-21(15-31-16)18-4-2-17(3-5-18)12-13-26-23(29)10-11-24-27-14-22(30-24)19-6-8-20(25)9-7-19/h2-9,14-15H,10-13H2,1H3,(H,26,29). The Labute approximate surface area is 190 Å². The van der Waals surface area contributed by atoms with Gasteiger partial charge in [0.05, 0.1) is 16.9 Å². The minimum Gasteiger partial charge on any atom is -0.441 e. The van der Waals surface area contributed by atoms with Crippen molar-refractivity contribution in [3.8, 4) is 22.6 Å². The minimum atomic E-state index is -0.0131. The number of hydrogen-bond donors (Lipinski definition) is 1. The number of carbonyl (C=O) groups is 1. The lowest BCUT2D eigenvalue weighted by Gasteiger charge is -2.05. The Bertz CT molecular complexity index is 1150. The van der Waals surface area contributed by atoms with Crippen molar-refractivity contribution < 1.29 is 9.21 Å². The fraction of sp³-hybridized carbons (Fsp3) is 0.208. The van der Waals surface area contributed by atoms with Gasteiger partial charge >= 0.3 is 0 Å². The van der Waals surface area contributed by atoms with E-state index < -0.39 is 0 Å². The number of benzene rings is 2. The molecule has 158 valence electrons. The first-order chi connectivity index (χ1) is 15.1. The van der Waals surface area contributed by atoms with Crippen LogP contribution in [0.5, 0.6) is 0 Å². The highest BCUT2D eigenvalue weighted by atomic mass is 35.5. The molecular formula is C24H22ClN3O2S. The zero-order chi connectivity index (χ0) is 21.6. The molecule has 0 spiro atoms. The zero-order valence-electron chi connectivity index (χ0n) is 17.1. The van der Waals surface area contributed by atoms with Crippen molar-refractivity contribution in [3.63, 3.8) is 0 Å². The Kier molecular flexibility index (Phi) is 6.79. The second kappa shape index (κ2) is 9.90. The zero-order valence-corrected chi connectivity index (χ0v) is 18.7. The van der Waals surface area contributed by atoms with Crippen LogP contribution in [-0.4, -0.2) is 22.4 Å². The van der Waals surface area contributed by atoms with E-state index in [0.717, 1.165) is 28.2 Å². The molecular weight excluding hydrogens is 430 g/mol. The highest BCUT2D eigenvalue weighted by Crippen LogP contribution is 2.23. The van der Waals surface area contributed by atoms with E-state index in [9.17, 15) is 4.79 Å². The van der Waals surface area contributed by atoms with E-state index in [1.165, 1.54) is 5.56 Å². The van der Waals surface area contributed by atoms with Gasteiger partial charge in [-0.3, -0.25) is 4.79 Å². The van der Waals surface area contributed by atoms with E-state index in [-0.39, 0.29) is 5.91 Å². The first kappa shape index (κ1) is 21.3. The normalized spacial score (nSPS) is 10.9. The highest BCUT2D eigenvalue weighted by molar-refractivity contribution is 7.09. The first-order valence-corrected chi connectivity index (χ1v) is 11.3. The summed E-state index contributed by atoms with van der Waals surface area (Å²) in [7, 11) is 0. The van der Waals surface area contributed by atoms with E-state index >= 15 is 0 Å². The molecule has 0 aliphatic heterocycles. The number of halogens is 1. The molecule has 0 saturated heterocycles. The molecule has 0 unspecified atom stereocenters. The third-order valence-electron chi connectivity index (χ3n) is 4.85. The maximum atomic E-state index is 12.2. The second-order valence-corrected chi connectivity index (χ2v) is 8.67. The van der Waals surface area contributed by atoms with Crippen molar-refractivity contribution >= 4 is 28.8 Å². The van der Waals surface area contributed by atoms with E-state index in [1.54, 1.807) is 29.7 Å². The van der Waals surface area contributed by atoms with Gasteiger partial charge in [-0.25, -0.2) is 9.97 Å². The molecule has 0 fully saturated rings. The topological polar surface area (TPSA) is 68.0 Å². The maximum Gasteiger partial charge on any atom is 0.220 e. The number of oxazole rings is 1. The number of nitrogens with zero attached hydrogens (tertiary/aromatic N) is 2. The Morgan fingerprint density at radius 1 is 1.06 bits per heavy atom. The summed E-state index contributed by atoms with van der Waals surface area (Å²) in [6.45, 7) is 2.60. The summed E-state index contributed by atoms with van der Waals surface area (Å²) in [5.41, 5.74) is 4.20. The molecule has 1 amide bonds. The second-order valence-electron chi connectivity index (χ2n) is 7.17. The third kappa shape index (κ3) is 5.81. The molecule has 4 aromatic rings. The largest absolute Gasteiger partial charge is 0.441 e. The Hall–Kier alpha value is -2.96. The fourth-order valence-electron chi connectivity index (χ4n) is 3.17. The smallest absolute Gasteiger partial charge is 0.220 e. The molecule has 0 saturated carbocycles. The van der Waals surface area contributed by atoms with Crippen molar-refractivity contribution in [2.45, 2.75) is 26.2 Å². The number of rotatable bonds is 8. The fourth-order valence-corrected chi connectivity index (χ4v) is 3.91. The molecule has 2 aromatic heterocycles. The third-order valence-corrected chi connectivity index (χ3v) is 5.88.